The first kappa shape index (κ1) is 11.3. The Balaban J connectivity index is 2.21. The van der Waals surface area contributed by atoms with Crippen LogP contribution >= 0.6 is 0 Å². The second-order valence-electron chi connectivity index (χ2n) is 3.85. The van der Waals surface area contributed by atoms with Gasteiger partial charge in [-0.15, -0.1) is 0 Å². The lowest BCUT2D eigenvalue weighted by Gasteiger charge is -2.13. The van der Waals surface area contributed by atoms with E-state index < -0.39 is 10.0 Å². The fourth-order valence-electron chi connectivity index (χ4n) is 1.75. The second kappa shape index (κ2) is 3.99. The predicted octanol–water partition coefficient (Wildman–Crippen LogP) is -0.0973. The Bertz CT molecular complexity index is 480. The Hall–Kier alpha value is -1.21. The summed E-state index contributed by atoms with van der Waals surface area (Å²) in [4.78, 5) is 8.19. The first-order valence-electron chi connectivity index (χ1n) is 5.05. The average Bonchev–Trinajstić information content (AvgIpc) is 2.44. The fourth-order valence-corrected chi connectivity index (χ4v) is 3.23. The lowest BCUT2D eigenvalue weighted by atomic mass is 10.4. The molecule has 0 amide bonds. The van der Waals surface area contributed by atoms with Crippen molar-refractivity contribution < 1.29 is 8.42 Å². The van der Waals surface area contributed by atoms with E-state index in [9.17, 15) is 8.42 Å². The summed E-state index contributed by atoms with van der Waals surface area (Å²) in [6, 6.07) is 1.65. The number of aromatic nitrogens is 2. The minimum atomic E-state index is -3.10. The summed E-state index contributed by atoms with van der Waals surface area (Å²) in [7, 11) is -3.10. The van der Waals surface area contributed by atoms with Crippen LogP contribution in [0.25, 0.3) is 0 Å². The zero-order valence-corrected chi connectivity index (χ0v) is 9.87. The maximum absolute atomic E-state index is 11.6. The van der Waals surface area contributed by atoms with Gasteiger partial charge in [-0.25, -0.2) is 18.4 Å². The van der Waals surface area contributed by atoms with E-state index >= 15 is 0 Å². The molecule has 2 N–H and O–H groups in total. The van der Waals surface area contributed by atoms with E-state index in [1.165, 1.54) is 4.31 Å². The zero-order chi connectivity index (χ0) is 11.8. The summed E-state index contributed by atoms with van der Waals surface area (Å²) in [5.41, 5.74) is 6.33. The van der Waals surface area contributed by atoms with Gasteiger partial charge in [-0.2, -0.15) is 4.31 Å². The number of rotatable bonds is 2. The summed E-state index contributed by atoms with van der Waals surface area (Å²) >= 11 is 0. The Morgan fingerprint density at radius 1 is 1.50 bits per heavy atom. The second-order valence-corrected chi connectivity index (χ2v) is 5.94. The number of sulfonamides is 1. The molecule has 16 heavy (non-hydrogen) atoms. The molecule has 2 rings (SSSR count). The van der Waals surface area contributed by atoms with Crippen molar-refractivity contribution >= 4 is 15.8 Å². The van der Waals surface area contributed by atoms with Crippen molar-refractivity contribution in [1.29, 1.82) is 0 Å². The predicted molar refractivity (Wildman–Crippen MR) is 60.0 cm³/mol. The van der Waals surface area contributed by atoms with E-state index in [1.54, 1.807) is 13.0 Å². The molecule has 7 heteroatoms. The Morgan fingerprint density at radius 2 is 2.25 bits per heavy atom. The third kappa shape index (κ3) is 2.30. The normalized spacial score (nSPS) is 20.1. The van der Waals surface area contributed by atoms with E-state index in [4.69, 9.17) is 5.73 Å². The van der Waals surface area contributed by atoms with Crippen LogP contribution in [0.3, 0.4) is 0 Å². The Morgan fingerprint density at radius 3 is 2.81 bits per heavy atom. The van der Waals surface area contributed by atoms with Gasteiger partial charge in [-0.05, 0) is 13.3 Å². The van der Waals surface area contributed by atoms with Gasteiger partial charge in [0, 0.05) is 18.3 Å². The summed E-state index contributed by atoms with van der Waals surface area (Å²) in [5.74, 6) is 1.05. The zero-order valence-electron chi connectivity index (χ0n) is 9.05. The van der Waals surface area contributed by atoms with E-state index in [-0.39, 0.29) is 12.3 Å². The third-order valence-corrected chi connectivity index (χ3v) is 4.34. The summed E-state index contributed by atoms with van der Waals surface area (Å²) < 4.78 is 24.6. The van der Waals surface area contributed by atoms with Crippen LogP contribution in [0.1, 0.15) is 17.9 Å². The molecule has 2 heterocycles. The van der Waals surface area contributed by atoms with Gasteiger partial charge < -0.3 is 5.73 Å². The molecule has 88 valence electrons. The molecule has 0 radical (unpaired) electrons. The van der Waals surface area contributed by atoms with Gasteiger partial charge in [0.1, 0.15) is 11.6 Å². The molecule has 1 saturated heterocycles. The van der Waals surface area contributed by atoms with Crippen molar-refractivity contribution in [2.24, 2.45) is 0 Å². The van der Waals surface area contributed by atoms with Crippen molar-refractivity contribution in [3.8, 4) is 0 Å². The molecular formula is C9H14N4O2S. The number of hydrogen-bond donors (Lipinski definition) is 1. The van der Waals surface area contributed by atoms with Gasteiger partial charge in [0.15, 0.2) is 0 Å². The van der Waals surface area contributed by atoms with Crippen LogP contribution in [0.5, 0.6) is 0 Å². The molecular weight excluding hydrogens is 228 g/mol. The lowest BCUT2D eigenvalue weighted by molar-refractivity contribution is 0.429. The van der Waals surface area contributed by atoms with Crippen LogP contribution in [0.2, 0.25) is 0 Å². The molecule has 0 atom stereocenters. The van der Waals surface area contributed by atoms with Crippen LogP contribution in [0.15, 0.2) is 6.07 Å². The van der Waals surface area contributed by atoms with Crippen molar-refractivity contribution in [1.82, 2.24) is 14.3 Å². The van der Waals surface area contributed by atoms with Gasteiger partial charge in [-0.1, -0.05) is 0 Å². The molecule has 0 unspecified atom stereocenters. The monoisotopic (exact) mass is 242 g/mol. The first-order valence-corrected chi connectivity index (χ1v) is 6.66. The summed E-state index contributed by atoms with van der Waals surface area (Å²) in [5, 5.41) is 0. The molecule has 6 nitrogen and oxygen atoms in total. The summed E-state index contributed by atoms with van der Waals surface area (Å²) in [6.45, 7) is 2.56. The van der Waals surface area contributed by atoms with Crippen molar-refractivity contribution in [2.45, 2.75) is 19.9 Å². The average molecular weight is 242 g/mol. The molecule has 0 saturated carbocycles. The number of anilines is 1. The Labute approximate surface area is 94.6 Å². The molecule has 1 aliphatic rings. The van der Waals surface area contributed by atoms with Crippen molar-refractivity contribution in [2.75, 3.05) is 18.0 Å². The maximum atomic E-state index is 11.6. The molecule has 1 aromatic rings. The highest BCUT2D eigenvalue weighted by molar-refractivity contribution is 7.89. The molecule has 0 spiro atoms. The molecule has 0 bridgehead atoms. The largest absolute Gasteiger partial charge is 0.384 e. The van der Waals surface area contributed by atoms with Crippen LogP contribution in [-0.4, -0.2) is 35.0 Å². The van der Waals surface area contributed by atoms with Crippen molar-refractivity contribution in [3.05, 3.63) is 17.6 Å². The number of nitrogen functional groups attached to an aromatic ring is 1. The highest BCUT2D eigenvalue weighted by atomic mass is 32.2. The Kier molecular flexibility index (Phi) is 2.81. The van der Waals surface area contributed by atoms with E-state index in [2.05, 4.69) is 9.97 Å². The summed E-state index contributed by atoms with van der Waals surface area (Å²) in [6.07, 6.45) is 0.670. The van der Waals surface area contributed by atoms with Gasteiger partial charge in [0.2, 0.25) is 10.0 Å². The molecule has 1 fully saturated rings. The van der Waals surface area contributed by atoms with Gasteiger partial charge in [-0.3, -0.25) is 0 Å². The van der Waals surface area contributed by atoms with E-state index in [0.29, 0.717) is 24.6 Å². The topological polar surface area (TPSA) is 89.2 Å². The quantitative estimate of drug-likeness (QED) is 0.782. The molecule has 1 aliphatic heterocycles. The van der Waals surface area contributed by atoms with Crippen LogP contribution in [-0.2, 0) is 16.6 Å². The van der Waals surface area contributed by atoms with Crippen LogP contribution < -0.4 is 5.73 Å². The first-order chi connectivity index (χ1) is 7.47. The molecule has 0 aliphatic carbocycles. The lowest BCUT2D eigenvalue weighted by Crippen LogP contribution is -2.26. The third-order valence-electron chi connectivity index (χ3n) is 2.44. The van der Waals surface area contributed by atoms with Gasteiger partial charge in [0.05, 0.1) is 12.3 Å². The van der Waals surface area contributed by atoms with Gasteiger partial charge in [0.25, 0.3) is 0 Å². The maximum Gasteiger partial charge on any atom is 0.214 e. The SMILES string of the molecule is Cc1cc(N)nc(CN2CCCS2(=O)=O)n1. The standard InChI is InChI=1S/C9H14N4O2S/c1-7-5-8(10)12-9(11-7)6-13-3-2-4-16(13,14)15/h5H,2-4,6H2,1H3,(H2,10,11,12). The van der Waals surface area contributed by atoms with Gasteiger partial charge >= 0.3 is 0 Å². The van der Waals surface area contributed by atoms with E-state index in [0.717, 1.165) is 5.69 Å². The number of hydrogen-bond acceptors (Lipinski definition) is 5. The van der Waals surface area contributed by atoms with Crippen LogP contribution in [0, 0.1) is 6.92 Å². The highest BCUT2D eigenvalue weighted by Crippen LogP contribution is 2.16. The van der Waals surface area contributed by atoms with Crippen molar-refractivity contribution in [3.63, 3.8) is 0 Å². The van der Waals surface area contributed by atoms with Crippen LogP contribution in [0.4, 0.5) is 5.82 Å². The van der Waals surface area contributed by atoms with E-state index in [1.807, 2.05) is 0 Å². The molecule has 1 aromatic heterocycles. The number of nitrogens with zero attached hydrogens (tertiary/aromatic N) is 3. The smallest absolute Gasteiger partial charge is 0.214 e. The number of aryl methyl sites for hydroxylation is 1. The minimum absolute atomic E-state index is 0.216. The molecule has 0 aromatic carbocycles. The number of nitrogens with two attached hydrogens (primary N) is 1. The minimum Gasteiger partial charge on any atom is -0.384 e. The fraction of sp³-hybridized carbons (Fsp3) is 0.556. The highest BCUT2D eigenvalue weighted by Gasteiger charge is 2.28.